The number of amides is 1. The number of hydrogen-bond donors (Lipinski definition) is 4. The third kappa shape index (κ3) is 3.13. The Labute approximate surface area is 93.9 Å². The van der Waals surface area contributed by atoms with Gasteiger partial charge in [0.15, 0.2) is 0 Å². The van der Waals surface area contributed by atoms with E-state index in [2.05, 4.69) is 5.32 Å². The van der Waals surface area contributed by atoms with E-state index in [-0.39, 0.29) is 17.9 Å². The number of anilines is 1. The van der Waals surface area contributed by atoms with Crippen molar-refractivity contribution in [1.82, 2.24) is 5.32 Å². The van der Waals surface area contributed by atoms with Crippen LogP contribution in [-0.4, -0.2) is 28.8 Å². The minimum Gasteiger partial charge on any atom is -0.508 e. The van der Waals surface area contributed by atoms with Crippen molar-refractivity contribution in [2.75, 3.05) is 12.3 Å². The van der Waals surface area contributed by atoms with Gasteiger partial charge in [-0.25, -0.2) is 0 Å². The maximum atomic E-state index is 11.6. The fraction of sp³-hybridized carbons (Fsp3) is 0.364. The Kier molecular flexibility index (Phi) is 4.13. The second kappa shape index (κ2) is 5.37. The van der Waals surface area contributed by atoms with Gasteiger partial charge in [-0.2, -0.15) is 0 Å². The van der Waals surface area contributed by atoms with Crippen LogP contribution in [0.4, 0.5) is 5.69 Å². The van der Waals surface area contributed by atoms with Crippen LogP contribution in [0.3, 0.4) is 0 Å². The van der Waals surface area contributed by atoms with E-state index in [0.29, 0.717) is 12.1 Å². The van der Waals surface area contributed by atoms with Crippen LogP contribution >= 0.6 is 0 Å². The molecule has 0 aliphatic rings. The second-order valence-corrected chi connectivity index (χ2v) is 3.54. The molecule has 0 aliphatic carbocycles. The first-order chi connectivity index (χ1) is 7.54. The van der Waals surface area contributed by atoms with E-state index in [9.17, 15) is 15.0 Å². The molecule has 0 saturated heterocycles. The third-order valence-corrected chi connectivity index (χ3v) is 2.25. The molecule has 88 valence electrons. The van der Waals surface area contributed by atoms with E-state index >= 15 is 0 Å². The van der Waals surface area contributed by atoms with E-state index in [1.807, 2.05) is 6.92 Å². The summed E-state index contributed by atoms with van der Waals surface area (Å²) >= 11 is 0. The van der Waals surface area contributed by atoms with Crippen molar-refractivity contribution in [2.45, 2.75) is 19.4 Å². The molecule has 1 amide bonds. The molecule has 0 aliphatic heterocycles. The number of phenolic OH excluding ortho intramolecular Hbond substituents is 1. The zero-order valence-electron chi connectivity index (χ0n) is 9.10. The van der Waals surface area contributed by atoms with Gasteiger partial charge in [-0.3, -0.25) is 4.79 Å². The van der Waals surface area contributed by atoms with Crippen LogP contribution < -0.4 is 11.1 Å². The SMILES string of the molecule is CCC(O)CNC(=O)c1cc(O)ccc1N. The van der Waals surface area contributed by atoms with Crippen LogP contribution in [0.5, 0.6) is 5.75 Å². The van der Waals surface area contributed by atoms with Gasteiger partial charge in [0, 0.05) is 12.2 Å². The highest BCUT2D eigenvalue weighted by Crippen LogP contribution is 2.18. The summed E-state index contributed by atoms with van der Waals surface area (Å²) in [5.74, 6) is -0.420. The summed E-state index contributed by atoms with van der Waals surface area (Å²) in [6, 6.07) is 4.16. The third-order valence-electron chi connectivity index (χ3n) is 2.25. The molecule has 5 nitrogen and oxygen atoms in total. The highest BCUT2D eigenvalue weighted by Gasteiger charge is 2.11. The topological polar surface area (TPSA) is 95.6 Å². The van der Waals surface area contributed by atoms with Crippen LogP contribution in [0, 0.1) is 0 Å². The monoisotopic (exact) mass is 224 g/mol. The first-order valence-electron chi connectivity index (χ1n) is 5.09. The second-order valence-electron chi connectivity index (χ2n) is 3.54. The van der Waals surface area contributed by atoms with Gasteiger partial charge in [-0.1, -0.05) is 6.92 Å². The lowest BCUT2D eigenvalue weighted by Crippen LogP contribution is -2.32. The Morgan fingerprint density at radius 1 is 1.56 bits per heavy atom. The number of nitrogen functional groups attached to an aromatic ring is 1. The number of aromatic hydroxyl groups is 1. The molecule has 0 heterocycles. The normalized spacial score (nSPS) is 12.1. The van der Waals surface area contributed by atoms with Crippen LogP contribution in [0.25, 0.3) is 0 Å². The summed E-state index contributed by atoms with van der Waals surface area (Å²) in [4.78, 5) is 11.6. The number of carbonyl (C=O) groups is 1. The van der Waals surface area contributed by atoms with Gasteiger partial charge in [0.1, 0.15) is 5.75 Å². The highest BCUT2D eigenvalue weighted by atomic mass is 16.3. The number of aliphatic hydroxyl groups excluding tert-OH is 1. The summed E-state index contributed by atoms with van der Waals surface area (Å²) in [5.41, 5.74) is 6.10. The van der Waals surface area contributed by atoms with Gasteiger partial charge in [0.2, 0.25) is 0 Å². The molecule has 0 radical (unpaired) electrons. The van der Waals surface area contributed by atoms with Crippen molar-refractivity contribution >= 4 is 11.6 Å². The molecule has 1 aromatic carbocycles. The average Bonchev–Trinajstić information content (AvgIpc) is 2.28. The lowest BCUT2D eigenvalue weighted by atomic mass is 10.1. The molecule has 1 aromatic rings. The molecular formula is C11H16N2O3. The maximum Gasteiger partial charge on any atom is 0.253 e. The summed E-state index contributed by atoms with van der Waals surface area (Å²) in [7, 11) is 0. The van der Waals surface area contributed by atoms with Gasteiger partial charge in [0.25, 0.3) is 5.91 Å². The first kappa shape index (κ1) is 12.3. The van der Waals surface area contributed by atoms with Crippen molar-refractivity contribution in [3.63, 3.8) is 0 Å². The molecule has 5 N–H and O–H groups in total. The summed E-state index contributed by atoms with van der Waals surface area (Å²) in [6.07, 6.45) is -0.00187. The fourth-order valence-corrected chi connectivity index (χ4v) is 1.19. The minimum absolute atomic E-state index is 0.0182. The Balaban J connectivity index is 2.69. The number of rotatable bonds is 4. The molecule has 1 rings (SSSR count). The van der Waals surface area contributed by atoms with E-state index < -0.39 is 12.0 Å². The Morgan fingerprint density at radius 3 is 2.88 bits per heavy atom. The predicted molar refractivity (Wildman–Crippen MR) is 61.2 cm³/mol. The molecule has 0 fully saturated rings. The highest BCUT2D eigenvalue weighted by molar-refractivity contribution is 5.99. The Morgan fingerprint density at radius 2 is 2.25 bits per heavy atom. The van der Waals surface area contributed by atoms with Crippen molar-refractivity contribution in [3.8, 4) is 5.75 Å². The largest absolute Gasteiger partial charge is 0.508 e. The summed E-state index contributed by atoms with van der Waals surface area (Å²) in [6.45, 7) is 1.99. The number of hydrogen-bond acceptors (Lipinski definition) is 4. The molecule has 0 saturated carbocycles. The number of nitrogens with two attached hydrogens (primary N) is 1. The van der Waals surface area contributed by atoms with Crippen LogP contribution in [-0.2, 0) is 0 Å². The predicted octanol–water partition coefficient (Wildman–Crippen LogP) is 0.475. The summed E-state index contributed by atoms with van der Waals surface area (Å²) < 4.78 is 0. The number of nitrogens with one attached hydrogen (secondary N) is 1. The van der Waals surface area contributed by atoms with Gasteiger partial charge in [-0.15, -0.1) is 0 Å². The van der Waals surface area contributed by atoms with E-state index in [4.69, 9.17) is 5.73 Å². The van der Waals surface area contributed by atoms with Crippen LogP contribution in [0.15, 0.2) is 18.2 Å². The zero-order chi connectivity index (χ0) is 12.1. The molecule has 0 spiro atoms. The molecule has 0 aromatic heterocycles. The molecule has 1 atom stereocenters. The van der Waals surface area contributed by atoms with Crippen molar-refractivity contribution in [2.24, 2.45) is 0 Å². The maximum absolute atomic E-state index is 11.6. The van der Waals surface area contributed by atoms with Crippen molar-refractivity contribution in [3.05, 3.63) is 23.8 Å². The van der Waals surface area contributed by atoms with Crippen molar-refractivity contribution in [1.29, 1.82) is 0 Å². The van der Waals surface area contributed by atoms with E-state index in [1.54, 1.807) is 0 Å². The average molecular weight is 224 g/mol. The van der Waals surface area contributed by atoms with Gasteiger partial charge >= 0.3 is 0 Å². The van der Waals surface area contributed by atoms with Gasteiger partial charge in [0.05, 0.1) is 11.7 Å². The number of carbonyl (C=O) groups excluding carboxylic acids is 1. The van der Waals surface area contributed by atoms with Gasteiger partial charge < -0.3 is 21.3 Å². The van der Waals surface area contributed by atoms with E-state index in [1.165, 1.54) is 18.2 Å². The van der Waals surface area contributed by atoms with E-state index in [0.717, 1.165) is 0 Å². The standard InChI is InChI=1S/C11H16N2O3/c1-2-7(14)6-13-11(16)9-5-8(15)3-4-10(9)12/h3-5,7,14-15H,2,6,12H2,1H3,(H,13,16). The molecule has 5 heteroatoms. The molecule has 0 bridgehead atoms. The first-order valence-corrected chi connectivity index (χ1v) is 5.09. The summed E-state index contributed by atoms with van der Waals surface area (Å²) in [5, 5.41) is 21.0. The minimum atomic E-state index is -0.567. The van der Waals surface area contributed by atoms with Crippen LogP contribution in [0.1, 0.15) is 23.7 Å². The lowest BCUT2D eigenvalue weighted by molar-refractivity contribution is 0.0914. The van der Waals surface area contributed by atoms with Gasteiger partial charge in [-0.05, 0) is 24.6 Å². The number of phenols is 1. The fourth-order valence-electron chi connectivity index (χ4n) is 1.19. The number of aliphatic hydroxyl groups is 1. The molecule has 1 unspecified atom stereocenters. The zero-order valence-corrected chi connectivity index (χ0v) is 9.10. The smallest absolute Gasteiger partial charge is 0.253 e. The number of benzene rings is 1. The quantitative estimate of drug-likeness (QED) is 0.441. The Hall–Kier alpha value is -1.75. The molecule has 16 heavy (non-hydrogen) atoms. The van der Waals surface area contributed by atoms with Crippen molar-refractivity contribution < 1.29 is 15.0 Å². The Bertz CT molecular complexity index is 379. The molecular weight excluding hydrogens is 208 g/mol. The lowest BCUT2D eigenvalue weighted by Gasteiger charge is -2.10. The van der Waals surface area contributed by atoms with Crippen LogP contribution in [0.2, 0.25) is 0 Å².